The van der Waals surface area contributed by atoms with Crippen LogP contribution in [-0.4, -0.2) is 18.3 Å². The summed E-state index contributed by atoms with van der Waals surface area (Å²) < 4.78 is 5.81. The van der Waals surface area contributed by atoms with Crippen LogP contribution in [0.2, 0.25) is 0 Å². The Bertz CT molecular complexity index is 838. The number of rotatable bonds is 4. The van der Waals surface area contributed by atoms with Crippen molar-refractivity contribution >= 4 is 0 Å². The van der Waals surface area contributed by atoms with Gasteiger partial charge < -0.3 is 9.84 Å². The fourth-order valence-electron chi connectivity index (χ4n) is 3.39. The molecule has 0 saturated carbocycles. The minimum atomic E-state index is 0.0194. The Morgan fingerprint density at radius 3 is 2.43 bits per heavy atom. The zero-order chi connectivity index (χ0) is 15.6. The van der Waals surface area contributed by atoms with Gasteiger partial charge in [-0.05, 0) is 40.3 Å². The molecule has 3 aromatic carbocycles. The number of aliphatic hydroxyl groups excluding tert-OH is 1. The van der Waals surface area contributed by atoms with Crippen molar-refractivity contribution in [2.24, 2.45) is 0 Å². The third kappa shape index (κ3) is 2.41. The maximum absolute atomic E-state index is 9.10. The van der Waals surface area contributed by atoms with E-state index in [4.69, 9.17) is 9.84 Å². The Hall–Kier alpha value is -2.58. The van der Waals surface area contributed by atoms with Crippen LogP contribution >= 0.6 is 0 Å². The third-order valence-corrected chi connectivity index (χ3v) is 4.36. The lowest BCUT2D eigenvalue weighted by Gasteiger charge is -2.15. The maximum Gasteiger partial charge on any atom is 0.127 e. The highest BCUT2D eigenvalue weighted by Gasteiger charge is 2.24. The normalized spacial score (nSPS) is 11.9. The molecule has 0 amide bonds. The second-order valence-electron chi connectivity index (χ2n) is 5.74. The minimum absolute atomic E-state index is 0.0194. The van der Waals surface area contributed by atoms with Gasteiger partial charge in [-0.15, -0.1) is 0 Å². The van der Waals surface area contributed by atoms with Crippen LogP contribution < -0.4 is 4.74 Å². The number of hydrogen-bond donors (Lipinski definition) is 1. The van der Waals surface area contributed by atoms with Gasteiger partial charge in [-0.2, -0.15) is 0 Å². The van der Waals surface area contributed by atoms with Crippen molar-refractivity contribution < 1.29 is 9.84 Å². The first-order chi connectivity index (χ1) is 11.4. The molecular weight excluding hydrogens is 284 g/mol. The molecule has 0 heterocycles. The second kappa shape index (κ2) is 5.90. The van der Waals surface area contributed by atoms with Crippen molar-refractivity contribution in [3.8, 4) is 28.0 Å². The summed E-state index contributed by atoms with van der Waals surface area (Å²) in [4.78, 5) is 0. The highest BCUT2D eigenvalue weighted by molar-refractivity contribution is 5.87. The lowest BCUT2D eigenvalue weighted by Crippen LogP contribution is -2.04. The Morgan fingerprint density at radius 2 is 1.61 bits per heavy atom. The van der Waals surface area contributed by atoms with Crippen molar-refractivity contribution in [2.75, 3.05) is 13.2 Å². The average molecular weight is 302 g/mol. The van der Waals surface area contributed by atoms with Crippen LogP contribution in [0.15, 0.2) is 66.7 Å². The van der Waals surface area contributed by atoms with E-state index in [2.05, 4.69) is 42.5 Å². The van der Waals surface area contributed by atoms with E-state index in [-0.39, 0.29) is 6.61 Å². The quantitative estimate of drug-likeness (QED) is 0.609. The molecule has 3 aromatic rings. The Labute approximate surface area is 136 Å². The van der Waals surface area contributed by atoms with Crippen LogP contribution in [0.25, 0.3) is 22.3 Å². The molecule has 0 atom stereocenters. The molecule has 0 bridgehead atoms. The molecule has 4 rings (SSSR count). The molecule has 0 unspecified atom stereocenters. The van der Waals surface area contributed by atoms with Gasteiger partial charge in [-0.1, -0.05) is 60.7 Å². The van der Waals surface area contributed by atoms with Gasteiger partial charge in [-0.25, -0.2) is 0 Å². The summed E-state index contributed by atoms with van der Waals surface area (Å²) in [5.74, 6) is 0.844. The van der Waals surface area contributed by atoms with Gasteiger partial charge in [0.25, 0.3) is 0 Å². The van der Waals surface area contributed by atoms with Crippen molar-refractivity contribution in [3.63, 3.8) is 0 Å². The summed E-state index contributed by atoms with van der Waals surface area (Å²) in [7, 11) is 0. The van der Waals surface area contributed by atoms with E-state index >= 15 is 0 Å². The van der Waals surface area contributed by atoms with E-state index in [1.54, 1.807) is 0 Å². The van der Waals surface area contributed by atoms with Gasteiger partial charge >= 0.3 is 0 Å². The molecule has 1 aliphatic rings. The monoisotopic (exact) mass is 302 g/mol. The largest absolute Gasteiger partial charge is 0.491 e. The summed E-state index contributed by atoms with van der Waals surface area (Å²) in [6, 6.07) is 23.1. The molecule has 1 aliphatic carbocycles. The van der Waals surface area contributed by atoms with E-state index in [0.29, 0.717) is 6.61 Å². The van der Waals surface area contributed by atoms with Crippen LogP contribution in [0, 0.1) is 0 Å². The van der Waals surface area contributed by atoms with Gasteiger partial charge in [0, 0.05) is 5.56 Å². The van der Waals surface area contributed by atoms with E-state index in [1.807, 2.05) is 24.3 Å². The Balaban J connectivity index is 1.91. The third-order valence-electron chi connectivity index (χ3n) is 4.36. The summed E-state index contributed by atoms with van der Waals surface area (Å²) in [6.07, 6.45) is 0.923. The molecule has 0 radical (unpaired) electrons. The molecular formula is C21H18O2. The highest BCUT2D eigenvalue weighted by atomic mass is 16.5. The predicted molar refractivity (Wildman–Crippen MR) is 92.7 cm³/mol. The SMILES string of the molecule is OCCOc1ccc2c(c1-c1ccccc1)Cc1ccccc1-2. The molecule has 0 aromatic heterocycles. The highest BCUT2D eigenvalue weighted by Crippen LogP contribution is 2.45. The lowest BCUT2D eigenvalue weighted by molar-refractivity contribution is 0.202. The smallest absolute Gasteiger partial charge is 0.127 e. The van der Waals surface area contributed by atoms with E-state index in [1.165, 1.54) is 22.3 Å². The molecule has 0 spiro atoms. The van der Waals surface area contributed by atoms with E-state index in [9.17, 15) is 0 Å². The molecule has 1 N–H and O–H groups in total. The van der Waals surface area contributed by atoms with Crippen molar-refractivity contribution in [3.05, 3.63) is 77.9 Å². The second-order valence-corrected chi connectivity index (χ2v) is 5.74. The summed E-state index contributed by atoms with van der Waals surface area (Å²) in [5.41, 5.74) is 7.58. The van der Waals surface area contributed by atoms with Gasteiger partial charge in [0.05, 0.1) is 6.61 Å². The fraction of sp³-hybridized carbons (Fsp3) is 0.143. The van der Waals surface area contributed by atoms with Crippen LogP contribution in [0.4, 0.5) is 0 Å². The molecule has 114 valence electrons. The van der Waals surface area contributed by atoms with Gasteiger partial charge in [0.2, 0.25) is 0 Å². The summed E-state index contributed by atoms with van der Waals surface area (Å²) in [6.45, 7) is 0.330. The lowest BCUT2D eigenvalue weighted by atomic mass is 9.94. The van der Waals surface area contributed by atoms with Crippen molar-refractivity contribution in [1.29, 1.82) is 0 Å². The van der Waals surface area contributed by atoms with Gasteiger partial charge in [0.1, 0.15) is 12.4 Å². The Morgan fingerprint density at radius 1 is 0.826 bits per heavy atom. The van der Waals surface area contributed by atoms with E-state index in [0.717, 1.165) is 23.3 Å². The first-order valence-electron chi connectivity index (χ1n) is 7.91. The maximum atomic E-state index is 9.10. The first kappa shape index (κ1) is 14.0. The summed E-state index contributed by atoms with van der Waals surface area (Å²) in [5, 5.41) is 9.10. The zero-order valence-corrected chi connectivity index (χ0v) is 12.8. The van der Waals surface area contributed by atoms with Crippen LogP contribution in [-0.2, 0) is 6.42 Å². The molecule has 0 aliphatic heterocycles. The molecule has 23 heavy (non-hydrogen) atoms. The molecule has 0 fully saturated rings. The number of aliphatic hydroxyl groups is 1. The van der Waals surface area contributed by atoms with Gasteiger partial charge in [-0.3, -0.25) is 0 Å². The molecule has 2 nitrogen and oxygen atoms in total. The van der Waals surface area contributed by atoms with Crippen molar-refractivity contribution in [1.82, 2.24) is 0 Å². The standard InChI is InChI=1S/C21H18O2/c22-12-13-23-20-11-10-18-17-9-5-4-8-16(17)14-19(18)21(20)15-6-2-1-3-7-15/h1-11,22H,12-14H2. The van der Waals surface area contributed by atoms with Crippen LogP contribution in [0.3, 0.4) is 0 Å². The number of hydrogen-bond acceptors (Lipinski definition) is 2. The topological polar surface area (TPSA) is 29.5 Å². The number of benzene rings is 3. The van der Waals surface area contributed by atoms with Crippen LogP contribution in [0.1, 0.15) is 11.1 Å². The number of fused-ring (bicyclic) bond motifs is 3. The zero-order valence-electron chi connectivity index (χ0n) is 12.8. The van der Waals surface area contributed by atoms with Gasteiger partial charge in [0.15, 0.2) is 0 Å². The molecule has 0 saturated heterocycles. The predicted octanol–water partition coefficient (Wildman–Crippen LogP) is 4.30. The van der Waals surface area contributed by atoms with Crippen molar-refractivity contribution in [2.45, 2.75) is 6.42 Å². The molecule has 2 heteroatoms. The average Bonchev–Trinajstić information content (AvgIpc) is 2.98. The number of ether oxygens (including phenoxy) is 1. The summed E-state index contributed by atoms with van der Waals surface area (Å²) >= 11 is 0. The van der Waals surface area contributed by atoms with Crippen LogP contribution in [0.5, 0.6) is 5.75 Å². The van der Waals surface area contributed by atoms with E-state index < -0.39 is 0 Å². The Kier molecular flexibility index (Phi) is 3.60. The fourth-order valence-corrected chi connectivity index (χ4v) is 3.39. The first-order valence-corrected chi connectivity index (χ1v) is 7.91. The minimum Gasteiger partial charge on any atom is -0.491 e.